The molecule has 0 bridgehead atoms. The van der Waals surface area contributed by atoms with Crippen molar-refractivity contribution in [2.45, 2.75) is 0 Å². The average molecular weight is 301 g/mol. The quantitative estimate of drug-likeness (QED) is 0.480. The van der Waals surface area contributed by atoms with Gasteiger partial charge in [-0.2, -0.15) is 0 Å². The maximum absolute atomic E-state index is 12.1. The Balaban J connectivity index is 2.41. The summed E-state index contributed by atoms with van der Waals surface area (Å²) in [7, 11) is 2.81. The van der Waals surface area contributed by atoms with Crippen molar-refractivity contribution in [1.29, 1.82) is 0 Å². The van der Waals surface area contributed by atoms with E-state index < -0.39 is 10.7 Å². The zero-order valence-corrected chi connectivity index (χ0v) is 12.0. The first-order valence-electron chi connectivity index (χ1n) is 6.26. The van der Waals surface area contributed by atoms with Gasteiger partial charge in [0.2, 0.25) is 0 Å². The molecular formula is C15H13N2O5-. The number of hydrogen-bond donors (Lipinski definition) is 0. The van der Waals surface area contributed by atoms with Crippen LogP contribution in [0.1, 0.15) is 5.56 Å². The molecule has 2 aromatic carbocycles. The predicted molar refractivity (Wildman–Crippen MR) is 79.3 cm³/mol. The summed E-state index contributed by atoms with van der Waals surface area (Å²) < 4.78 is 9.94. The lowest BCUT2D eigenvalue weighted by molar-refractivity contribution is -0.385. The van der Waals surface area contributed by atoms with Gasteiger partial charge >= 0.3 is 0 Å². The van der Waals surface area contributed by atoms with Crippen LogP contribution in [-0.4, -0.2) is 25.4 Å². The fourth-order valence-corrected chi connectivity index (χ4v) is 1.80. The fourth-order valence-electron chi connectivity index (χ4n) is 1.80. The predicted octanol–water partition coefficient (Wildman–Crippen LogP) is 2.44. The van der Waals surface area contributed by atoms with E-state index >= 15 is 0 Å². The van der Waals surface area contributed by atoms with Crippen LogP contribution < -0.4 is 14.6 Å². The van der Waals surface area contributed by atoms with Crippen LogP contribution in [0.2, 0.25) is 0 Å². The smallest absolute Gasteiger partial charge is 0.273 e. The molecule has 7 heteroatoms. The number of ether oxygens (including phenoxy) is 2. The van der Waals surface area contributed by atoms with Crippen LogP contribution in [0.3, 0.4) is 0 Å². The van der Waals surface area contributed by atoms with E-state index in [-0.39, 0.29) is 17.0 Å². The Morgan fingerprint density at radius 1 is 1.18 bits per heavy atom. The lowest BCUT2D eigenvalue weighted by atomic mass is 10.1. The van der Waals surface area contributed by atoms with Gasteiger partial charge < -0.3 is 14.6 Å². The highest BCUT2D eigenvalue weighted by Gasteiger charge is 2.11. The summed E-state index contributed by atoms with van der Waals surface area (Å²) in [4.78, 5) is 14.4. The summed E-state index contributed by atoms with van der Waals surface area (Å²) in [5, 5.41) is 22.9. The highest BCUT2D eigenvalue weighted by molar-refractivity contribution is 5.87. The van der Waals surface area contributed by atoms with Crippen LogP contribution in [0.4, 0.5) is 11.4 Å². The summed E-state index contributed by atoms with van der Waals surface area (Å²) >= 11 is 0. The monoisotopic (exact) mass is 301 g/mol. The van der Waals surface area contributed by atoms with E-state index in [9.17, 15) is 15.2 Å². The lowest BCUT2D eigenvalue weighted by Gasteiger charge is -2.14. The van der Waals surface area contributed by atoms with Crippen LogP contribution in [0.15, 0.2) is 41.4 Å². The van der Waals surface area contributed by atoms with Crippen LogP contribution in [0, 0.1) is 10.1 Å². The van der Waals surface area contributed by atoms with Crippen molar-refractivity contribution in [2.75, 3.05) is 14.2 Å². The van der Waals surface area contributed by atoms with Gasteiger partial charge in [0.05, 0.1) is 30.9 Å². The maximum atomic E-state index is 12.1. The molecular weight excluding hydrogens is 288 g/mol. The standard InChI is InChI=1S/C15H14N2O5/c1-21-13-5-3-4-11(7-13)16-9-10-6-12(17(19)20)8-14(22-2)15(10)18/h3-9,18H,1-2H3/p-1. The van der Waals surface area contributed by atoms with E-state index in [1.807, 2.05) is 0 Å². The lowest BCUT2D eigenvalue weighted by Crippen LogP contribution is -2.02. The molecule has 0 aliphatic rings. The molecule has 0 aliphatic heterocycles. The second-order valence-corrected chi connectivity index (χ2v) is 4.28. The second kappa shape index (κ2) is 6.57. The van der Waals surface area contributed by atoms with E-state index in [1.165, 1.54) is 20.4 Å². The Kier molecular flexibility index (Phi) is 4.57. The van der Waals surface area contributed by atoms with Gasteiger partial charge in [0.25, 0.3) is 5.69 Å². The Bertz CT molecular complexity index is 728. The maximum Gasteiger partial charge on any atom is 0.273 e. The number of non-ortho nitro benzene ring substituents is 1. The molecule has 0 aromatic heterocycles. The van der Waals surface area contributed by atoms with Crippen LogP contribution in [-0.2, 0) is 0 Å². The molecule has 2 aromatic rings. The number of rotatable bonds is 5. The summed E-state index contributed by atoms with van der Waals surface area (Å²) in [6, 6.07) is 9.15. The zero-order chi connectivity index (χ0) is 16.1. The third kappa shape index (κ3) is 3.32. The SMILES string of the molecule is COc1cccc(N=Cc2cc([N+](=O)[O-])cc(OC)c2[O-])c1. The molecule has 0 unspecified atom stereocenters. The van der Waals surface area contributed by atoms with Crippen molar-refractivity contribution in [3.8, 4) is 17.2 Å². The Morgan fingerprint density at radius 3 is 2.59 bits per heavy atom. The van der Waals surface area contributed by atoms with Crippen molar-refractivity contribution in [2.24, 2.45) is 4.99 Å². The first-order valence-corrected chi connectivity index (χ1v) is 6.26. The number of nitro benzene ring substituents is 1. The first-order chi connectivity index (χ1) is 10.5. The molecule has 0 spiro atoms. The van der Waals surface area contributed by atoms with E-state index in [0.29, 0.717) is 11.4 Å². The molecule has 7 nitrogen and oxygen atoms in total. The highest BCUT2D eigenvalue weighted by Crippen LogP contribution is 2.31. The van der Waals surface area contributed by atoms with E-state index in [2.05, 4.69) is 4.99 Å². The molecule has 0 aliphatic carbocycles. The number of aliphatic imine (C=N–C) groups is 1. The van der Waals surface area contributed by atoms with Gasteiger partial charge in [-0.3, -0.25) is 15.1 Å². The van der Waals surface area contributed by atoms with Crippen molar-refractivity contribution < 1.29 is 19.5 Å². The minimum Gasteiger partial charge on any atom is -0.870 e. The molecule has 0 amide bonds. The van der Waals surface area contributed by atoms with Gasteiger partial charge in [0, 0.05) is 18.3 Å². The number of nitrogens with zero attached hydrogens (tertiary/aromatic N) is 2. The molecule has 0 saturated carbocycles. The highest BCUT2D eigenvalue weighted by atomic mass is 16.6. The first kappa shape index (κ1) is 15.3. The topological polar surface area (TPSA) is 97.0 Å². The number of benzene rings is 2. The van der Waals surface area contributed by atoms with Crippen LogP contribution >= 0.6 is 0 Å². The molecule has 0 atom stereocenters. The minimum absolute atomic E-state index is 0.0777. The molecule has 0 radical (unpaired) electrons. The van der Waals surface area contributed by atoms with Crippen molar-refractivity contribution in [1.82, 2.24) is 0 Å². The van der Waals surface area contributed by atoms with Gasteiger partial charge in [-0.1, -0.05) is 11.8 Å². The Labute approximate surface area is 126 Å². The normalized spacial score (nSPS) is 10.6. The number of hydrogen-bond acceptors (Lipinski definition) is 6. The molecule has 0 fully saturated rings. The Morgan fingerprint density at radius 2 is 1.95 bits per heavy atom. The summed E-state index contributed by atoms with van der Waals surface area (Å²) in [5.74, 6) is 0.0645. The molecule has 22 heavy (non-hydrogen) atoms. The van der Waals surface area contributed by atoms with Crippen LogP contribution in [0.5, 0.6) is 17.2 Å². The fraction of sp³-hybridized carbons (Fsp3) is 0.133. The van der Waals surface area contributed by atoms with Crippen molar-refractivity contribution >= 4 is 17.6 Å². The van der Waals surface area contributed by atoms with E-state index in [4.69, 9.17) is 9.47 Å². The van der Waals surface area contributed by atoms with E-state index in [0.717, 1.165) is 12.1 Å². The third-order valence-corrected chi connectivity index (χ3v) is 2.91. The van der Waals surface area contributed by atoms with Crippen molar-refractivity contribution in [3.05, 3.63) is 52.1 Å². The van der Waals surface area contributed by atoms with Gasteiger partial charge in [0.15, 0.2) is 0 Å². The Hall–Kier alpha value is -3.09. The van der Waals surface area contributed by atoms with Gasteiger partial charge in [-0.25, -0.2) is 0 Å². The summed E-state index contributed by atoms with van der Waals surface area (Å²) in [5.41, 5.74) is 0.404. The second-order valence-electron chi connectivity index (χ2n) is 4.28. The number of methoxy groups -OCH3 is 2. The van der Waals surface area contributed by atoms with Gasteiger partial charge in [0.1, 0.15) is 11.5 Å². The molecule has 114 valence electrons. The molecule has 0 heterocycles. The van der Waals surface area contributed by atoms with Crippen LogP contribution in [0.25, 0.3) is 0 Å². The van der Waals surface area contributed by atoms with Gasteiger partial charge in [-0.15, -0.1) is 0 Å². The molecule has 0 N–H and O–H groups in total. The molecule has 0 saturated heterocycles. The molecule has 2 rings (SSSR count). The van der Waals surface area contributed by atoms with Crippen molar-refractivity contribution in [3.63, 3.8) is 0 Å². The zero-order valence-electron chi connectivity index (χ0n) is 12.0. The summed E-state index contributed by atoms with van der Waals surface area (Å²) in [6.45, 7) is 0. The average Bonchev–Trinajstić information content (AvgIpc) is 2.53. The third-order valence-electron chi connectivity index (χ3n) is 2.91. The largest absolute Gasteiger partial charge is 0.870 e. The van der Waals surface area contributed by atoms with Gasteiger partial charge in [-0.05, 0) is 17.7 Å². The minimum atomic E-state index is -0.592. The van der Waals surface area contributed by atoms with E-state index in [1.54, 1.807) is 24.3 Å². The summed E-state index contributed by atoms with van der Waals surface area (Å²) in [6.07, 6.45) is 1.27. The number of nitro groups is 1.